The minimum Gasteiger partial charge on any atom is -0.395 e. The Labute approximate surface area is 103 Å². The lowest BCUT2D eigenvalue weighted by Gasteiger charge is -2.14. The molecule has 0 aliphatic rings. The standard InChI is InChI=1S/C13H18O3S/c1-2-3-5-10-13(11-14)17(15,16)12-8-6-4-7-9-12/h2,4,6-9,13-14H,1,3,5,10-11H2. The Morgan fingerprint density at radius 2 is 1.94 bits per heavy atom. The number of benzene rings is 1. The number of sulfone groups is 1. The number of hydrogen-bond acceptors (Lipinski definition) is 3. The lowest BCUT2D eigenvalue weighted by molar-refractivity contribution is 0.284. The molecule has 1 atom stereocenters. The predicted octanol–water partition coefficient (Wildman–Crippen LogP) is 2.18. The van der Waals surface area contributed by atoms with E-state index in [1.807, 2.05) is 0 Å². The van der Waals surface area contributed by atoms with Crippen LogP contribution in [0.15, 0.2) is 47.9 Å². The molecule has 1 aromatic rings. The highest BCUT2D eigenvalue weighted by molar-refractivity contribution is 7.92. The molecule has 1 N–H and O–H groups in total. The Morgan fingerprint density at radius 3 is 2.47 bits per heavy atom. The average molecular weight is 254 g/mol. The first-order valence-electron chi connectivity index (χ1n) is 5.63. The van der Waals surface area contributed by atoms with Crippen molar-refractivity contribution >= 4 is 9.84 Å². The first-order chi connectivity index (χ1) is 8.12. The van der Waals surface area contributed by atoms with E-state index in [-0.39, 0.29) is 11.5 Å². The normalized spacial score (nSPS) is 13.2. The highest BCUT2D eigenvalue weighted by Gasteiger charge is 2.25. The average Bonchev–Trinajstić information content (AvgIpc) is 2.35. The van der Waals surface area contributed by atoms with Crippen LogP contribution in [0.1, 0.15) is 19.3 Å². The van der Waals surface area contributed by atoms with Gasteiger partial charge >= 0.3 is 0 Å². The van der Waals surface area contributed by atoms with Gasteiger partial charge in [-0.15, -0.1) is 6.58 Å². The maximum Gasteiger partial charge on any atom is 0.183 e. The molecular weight excluding hydrogens is 236 g/mol. The first-order valence-corrected chi connectivity index (χ1v) is 7.18. The van der Waals surface area contributed by atoms with Crippen LogP contribution in [-0.4, -0.2) is 25.4 Å². The summed E-state index contributed by atoms with van der Waals surface area (Å²) in [5, 5.41) is 8.50. The van der Waals surface area contributed by atoms with Crippen LogP contribution >= 0.6 is 0 Å². The van der Waals surface area contributed by atoms with Gasteiger partial charge in [0.15, 0.2) is 9.84 Å². The molecule has 0 aromatic heterocycles. The monoisotopic (exact) mass is 254 g/mol. The highest BCUT2D eigenvalue weighted by Crippen LogP contribution is 2.19. The molecule has 3 nitrogen and oxygen atoms in total. The van der Waals surface area contributed by atoms with Crippen molar-refractivity contribution in [3.05, 3.63) is 43.0 Å². The third kappa shape index (κ3) is 3.68. The molecule has 1 aromatic carbocycles. The van der Waals surface area contributed by atoms with Crippen LogP contribution in [0.3, 0.4) is 0 Å². The molecule has 1 unspecified atom stereocenters. The van der Waals surface area contributed by atoms with E-state index in [0.29, 0.717) is 6.42 Å². The second-order valence-corrected chi connectivity index (χ2v) is 6.11. The molecule has 0 bridgehead atoms. The minimum absolute atomic E-state index is 0.276. The zero-order chi connectivity index (χ0) is 12.7. The van der Waals surface area contributed by atoms with E-state index in [1.54, 1.807) is 36.4 Å². The largest absolute Gasteiger partial charge is 0.395 e. The molecule has 0 saturated carbocycles. The number of unbranched alkanes of at least 4 members (excludes halogenated alkanes) is 1. The van der Waals surface area contributed by atoms with Gasteiger partial charge in [-0.2, -0.15) is 0 Å². The number of rotatable bonds is 7. The van der Waals surface area contributed by atoms with Gasteiger partial charge in [-0.1, -0.05) is 24.3 Å². The van der Waals surface area contributed by atoms with E-state index in [1.165, 1.54) is 0 Å². The Hall–Kier alpha value is -1.13. The zero-order valence-corrected chi connectivity index (χ0v) is 10.6. The summed E-state index contributed by atoms with van der Waals surface area (Å²) < 4.78 is 24.3. The molecule has 0 radical (unpaired) electrons. The molecule has 0 aliphatic carbocycles. The smallest absolute Gasteiger partial charge is 0.183 e. The van der Waals surface area contributed by atoms with Crippen molar-refractivity contribution in [1.29, 1.82) is 0 Å². The SMILES string of the molecule is C=CCCCC(CO)S(=O)(=O)c1ccccc1. The van der Waals surface area contributed by atoms with E-state index in [2.05, 4.69) is 6.58 Å². The van der Waals surface area contributed by atoms with Gasteiger partial charge in [0.1, 0.15) is 0 Å². The molecule has 1 rings (SSSR count). The van der Waals surface area contributed by atoms with Gasteiger partial charge in [-0.05, 0) is 31.4 Å². The summed E-state index contributed by atoms with van der Waals surface area (Å²) in [5.41, 5.74) is 0. The quantitative estimate of drug-likeness (QED) is 0.599. The van der Waals surface area contributed by atoms with Crippen molar-refractivity contribution in [2.24, 2.45) is 0 Å². The van der Waals surface area contributed by atoms with Gasteiger partial charge in [-0.3, -0.25) is 0 Å². The molecular formula is C13H18O3S. The molecule has 0 amide bonds. The fraction of sp³-hybridized carbons (Fsp3) is 0.385. The number of hydrogen-bond donors (Lipinski definition) is 1. The molecule has 0 saturated heterocycles. The third-order valence-corrected chi connectivity index (χ3v) is 4.84. The Balaban J connectivity index is 2.83. The van der Waals surface area contributed by atoms with E-state index >= 15 is 0 Å². The number of allylic oxidation sites excluding steroid dienone is 1. The van der Waals surface area contributed by atoms with Crippen molar-refractivity contribution in [2.75, 3.05) is 6.61 Å². The maximum atomic E-state index is 12.2. The van der Waals surface area contributed by atoms with Crippen LogP contribution in [0.5, 0.6) is 0 Å². The first kappa shape index (κ1) is 13.9. The Kier molecular flexibility index (Phi) is 5.38. The van der Waals surface area contributed by atoms with Crippen molar-refractivity contribution in [3.63, 3.8) is 0 Å². The van der Waals surface area contributed by atoms with E-state index in [0.717, 1.165) is 12.8 Å². The summed E-state index contributed by atoms with van der Waals surface area (Å²) in [7, 11) is -3.42. The summed E-state index contributed by atoms with van der Waals surface area (Å²) in [5.74, 6) is 0. The van der Waals surface area contributed by atoms with Crippen LogP contribution in [-0.2, 0) is 9.84 Å². The van der Waals surface area contributed by atoms with E-state index in [4.69, 9.17) is 0 Å². The maximum absolute atomic E-state index is 12.2. The second kappa shape index (κ2) is 6.57. The van der Waals surface area contributed by atoms with Crippen molar-refractivity contribution < 1.29 is 13.5 Å². The summed E-state index contributed by atoms with van der Waals surface area (Å²) >= 11 is 0. The van der Waals surface area contributed by atoms with Crippen LogP contribution in [0, 0.1) is 0 Å². The molecule has 94 valence electrons. The van der Waals surface area contributed by atoms with Gasteiger partial charge in [0, 0.05) is 0 Å². The molecule has 0 fully saturated rings. The topological polar surface area (TPSA) is 54.4 Å². The van der Waals surface area contributed by atoms with Crippen LogP contribution in [0.4, 0.5) is 0 Å². The van der Waals surface area contributed by atoms with Gasteiger partial charge in [0.2, 0.25) is 0 Å². The van der Waals surface area contributed by atoms with Gasteiger partial charge < -0.3 is 5.11 Å². The fourth-order valence-electron chi connectivity index (χ4n) is 1.64. The summed E-state index contributed by atoms with van der Waals surface area (Å²) in [6.45, 7) is 3.25. The number of aliphatic hydroxyl groups excluding tert-OH is 1. The van der Waals surface area contributed by atoms with Crippen molar-refractivity contribution in [1.82, 2.24) is 0 Å². The van der Waals surface area contributed by atoms with E-state index < -0.39 is 15.1 Å². The highest BCUT2D eigenvalue weighted by atomic mass is 32.2. The lowest BCUT2D eigenvalue weighted by Crippen LogP contribution is -2.25. The molecule has 0 heterocycles. The zero-order valence-electron chi connectivity index (χ0n) is 9.75. The van der Waals surface area contributed by atoms with Gasteiger partial charge in [0.25, 0.3) is 0 Å². The lowest BCUT2D eigenvalue weighted by atomic mass is 10.2. The van der Waals surface area contributed by atoms with E-state index in [9.17, 15) is 13.5 Å². The minimum atomic E-state index is -3.42. The number of aliphatic hydroxyl groups is 1. The van der Waals surface area contributed by atoms with Crippen LogP contribution < -0.4 is 0 Å². The molecule has 17 heavy (non-hydrogen) atoms. The predicted molar refractivity (Wildman–Crippen MR) is 68.5 cm³/mol. The summed E-state index contributed by atoms with van der Waals surface area (Å²) in [6, 6.07) is 8.26. The van der Waals surface area contributed by atoms with Crippen LogP contribution in [0.2, 0.25) is 0 Å². The second-order valence-electron chi connectivity index (χ2n) is 3.88. The Bertz CT molecular complexity index is 437. The Morgan fingerprint density at radius 1 is 1.29 bits per heavy atom. The summed E-state index contributed by atoms with van der Waals surface area (Å²) in [4.78, 5) is 0.276. The third-order valence-electron chi connectivity index (χ3n) is 2.65. The molecule has 0 spiro atoms. The van der Waals surface area contributed by atoms with Gasteiger partial charge in [-0.25, -0.2) is 8.42 Å². The molecule has 4 heteroatoms. The van der Waals surface area contributed by atoms with Crippen molar-refractivity contribution in [3.8, 4) is 0 Å². The van der Waals surface area contributed by atoms with Gasteiger partial charge in [0.05, 0.1) is 16.8 Å². The van der Waals surface area contributed by atoms with Crippen molar-refractivity contribution in [2.45, 2.75) is 29.4 Å². The molecule has 0 aliphatic heterocycles. The fourth-order valence-corrected chi connectivity index (χ4v) is 3.23. The van der Waals surface area contributed by atoms with Crippen LogP contribution in [0.25, 0.3) is 0 Å². The summed E-state index contributed by atoms with van der Waals surface area (Å²) in [6.07, 6.45) is 3.70.